The van der Waals surface area contributed by atoms with Crippen LogP contribution in [0.25, 0.3) is 0 Å². The van der Waals surface area contributed by atoms with Crippen molar-refractivity contribution in [2.24, 2.45) is 0 Å². The molecule has 0 aliphatic carbocycles. The zero-order chi connectivity index (χ0) is 23.2. The van der Waals surface area contributed by atoms with Crippen LogP contribution in [0.1, 0.15) is 23.3 Å². The first-order valence-corrected chi connectivity index (χ1v) is 9.10. The molecule has 0 aliphatic heterocycles. The largest absolute Gasteiger partial charge is 0.394 e. The van der Waals surface area contributed by atoms with Crippen LogP contribution in [0.5, 0.6) is 0 Å². The molecule has 0 radical (unpaired) electrons. The first kappa shape index (κ1) is 26.8. The van der Waals surface area contributed by atoms with E-state index in [-0.39, 0.29) is 11.1 Å². The van der Waals surface area contributed by atoms with Crippen molar-refractivity contribution < 1.29 is 61.3 Å². The molecule has 0 heterocycles. The van der Waals surface area contributed by atoms with Gasteiger partial charge in [-0.15, -0.1) is 0 Å². The first-order chi connectivity index (χ1) is 14.0. The fraction of sp³-hybridized carbons (Fsp3) is 0.667. The van der Waals surface area contributed by atoms with E-state index in [1.165, 1.54) is 24.3 Å². The van der Waals surface area contributed by atoms with Gasteiger partial charge in [-0.1, -0.05) is 24.3 Å². The second-order valence-corrected chi connectivity index (χ2v) is 7.00. The standard InChI is InChI=1S/C18H30O12/c19-5-9(21)13(25)17(29)15(27)11(23)7-1-2-8(4-3-7)12(24)16(28)18(30)14(26)10(22)6-20/h1-4,9-30H,5-6H2/t9-,10-,11?,12?,13+,14+,15+,16+,17-,18-/m0/s1. The molecule has 1 rings (SSSR count). The minimum absolute atomic E-state index is 0.0222. The van der Waals surface area contributed by atoms with Crippen LogP contribution >= 0.6 is 0 Å². The Morgan fingerprint density at radius 3 is 0.933 bits per heavy atom. The molecule has 2 unspecified atom stereocenters. The Hall–Kier alpha value is -1.26. The molecule has 30 heavy (non-hydrogen) atoms. The summed E-state index contributed by atoms with van der Waals surface area (Å²) in [4.78, 5) is 0. The molecule has 1 aromatic carbocycles. The summed E-state index contributed by atoms with van der Waals surface area (Å²) in [6, 6.07) is 4.80. The molecule has 10 atom stereocenters. The molecule has 0 saturated heterocycles. The fourth-order valence-electron chi connectivity index (χ4n) is 2.73. The van der Waals surface area contributed by atoms with Crippen molar-refractivity contribution in [1.82, 2.24) is 0 Å². The molecule has 0 fully saturated rings. The number of aliphatic hydroxyl groups excluding tert-OH is 12. The average Bonchev–Trinajstić information content (AvgIpc) is 2.78. The van der Waals surface area contributed by atoms with Gasteiger partial charge in [0.25, 0.3) is 0 Å². The van der Waals surface area contributed by atoms with Crippen LogP contribution in [0.4, 0.5) is 0 Å². The van der Waals surface area contributed by atoms with E-state index in [2.05, 4.69) is 0 Å². The van der Waals surface area contributed by atoms with Gasteiger partial charge in [-0.05, 0) is 11.1 Å². The smallest absolute Gasteiger partial charge is 0.113 e. The maximum atomic E-state index is 10.1. The third-order valence-corrected chi connectivity index (χ3v) is 4.83. The van der Waals surface area contributed by atoms with Gasteiger partial charge in [-0.2, -0.15) is 0 Å². The molecule has 0 aromatic heterocycles. The first-order valence-electron chi connectivity index (χ1n) is 9.10. The fourth-order valence-corrected chi connectivity index (χ4v) is 2.73. The van der Waals surface area contributed by atoms with E-state index < -0.39 is 74.3 Å². The lowest BCUT2D eigenvalue weighted by molar-refractivity contribution is -0.141. The zero-order valence-electron chi connectivity index (χ0n) is 15.9. The predicted molar refractivity (Wildman–Crippen MR) is 98.6 cm³/mol. The molecule has 12 N–H and O–H groups in total. The van der Waals surface area contributed by atoms with E-state index >= 15 is 0 Å². The van der Waals surface area contributed by atoms with Crippen LogP contribution in [-0.2, 0) is 0 Å². The molecule has 0 bridgehead atoms. The molecule has 0 amide bonds. The van der Waals surface area contributed by atoms with E-state index in [9.17, 15) is 51.1 Å². The monoisotopic (exact) mass is 438 g/mol. The summed E-state index contributed by atoms with van der Waals surface area (Å²) in [5.74, 6) is 0. The third-order valence-electron chi connectivity index (χ3n) is 4.83. The number of rotatable bonds is 12. The van der Waals surface area contributed by atoms with Crippen LogP contribution in [-0.4, -0.2) is 123 Å². The average molecular weight is 438 g/mol. The van der Waals surface area contributed by atoms with Crippen LogP contribution in [0, 0.1) is 0 Å². The van der Waals surface area contributed by atoms with E-state index in [1.807, 2.05) is 0 Å². The molecule has 0 aliphatic rings. The Bertz CT molecular complexity index is 561. The summed E-state index contributed by atoms with van der Waals surface area (Å²) >= 11 is 0. The quantitative estimate of drug-likeness (QED) is 0.146. The van der Waals surface area contributed by atoms with Crippen molar-refractivity contribution in [2.45, 2.75) is 61.0 Å². The van der Waals surface area contributed by atoms with Gasteiger partial charge in [0.2, 0.25) is 0 Å². The molecule has 12 nitrogen and oxygen atoms in total. The Morgan fingerprint density at radius 1 is 0.433 bits per heavy atom. The van der Waals surface area contributed by atoms with Gasteiger partial charge in [-0.25, -0.2) is 0 Å². The van der Waals surface area contributed by atoms with Gasteiger partial charge in [0.15, 0.2) is 0 Å². The van der Waals surface area contributed by atoms with Gasteiger partial charge in [0, 0.05) is 0 Å². The molecule has 174 valence electrons. The van der Waals surface area contributed by atoms with Gasteiger partial charge in [-0.3, -0.25) is 0 Å². The third kappa shape index (κ3) is 6.37. The maximum Gasteiger partial charge on any atom is 0.113 e. The van der Waals surface area contributed by atoms with Crippen molar-refractivity contribution >= 4 is 0 Å². The number of hydrogen-bond acceptors (Lipinski definition) is 12. The summed E-state index contributed by atoms with van der Waals surface area (Å²) < 4.78 is 0. The lowest BCUT2D eigenvalue weighted by Gasteiger charge is -2.29. The molecule has 12 heteroatoms. The highest BCUT2D eigenvalue weighted by molar-refractivity contribution is 5.27. The van der Waals surface area contributed by atoms with Crippen molar-refractivity contribution in [3.63, 3.8) is 0 Å². The van der Waals surface area contributed by atoms with E-state index in [4.69, 9.17) is 10.2 Å². The number of benzene rings is 1. The Morgan fingerprint density at radius 2 is 0.700 bits per heavy atom. The second kappa shape index (κ2) is 12.0. The zero-order valence-corrected chi connectivity index (χ0v) is 15.9. The van der Waals surface area contributed by atoms with E-state index in [1.54, 1.807) is 0 Å². The van der Waals surface area contributed by atoms with Crippen molar-refractivity contribution in [2.75, 3.05) is 13.2 Å². The van der Waals surface area contributed by atoms with Crippen molar-refractivity contribution in [3.05, 3.63) is 35.4 Å². The molecular weight excluding hydrogens is 408 g/mol. The Kier molecular flexibility index (Phi) is 10.7. The van der Waals surface area contributed by atoms with E-state index in [0.29, 0.717) is 0 Å². The minimum atomic E-state index is -2.00. The van der Waals surface area contributed by atoms with Crippen molar-refractivity contribution in [1.29, 1.82) is 0 Å². The van der Waals surface area contributed by atoms with E-state index in [0.717, 1.165) is 0 Å². The molecule has 0 spiro atoms. The lowest BCUT2D eigenvalue weighted by Crippen LogP contribution is -2.48. The highest BCUT2D eigenvalue weighted by atomic mass is 16.4. The highest BCUT2D eigenvalue weighted by Gasteiger charge is 2.36. The van der Waals surface area contributed by atoms with Crippen LogP contribution in [0.2, 0.25) is 0 Å². The number of hydrogen-bond donors (Lipinski definition) is 12. The maximum absolute atomic E-state index is 10.1. The summed E-state index contributed by atoms with van der Waals surface area (Å²) in [5, 5.41) is 115. The Balaban J connectivity index is 2.86. The minimum Gasteiger partial charge on any atom is -0.394 e. The summed E-state index contributed by atoms with van der Waals surface area (Å²) in [7, 11) is 0. The summed E-state index contributed by atoms with van der Waals surface area (Å²) in [5.41, 5.74) is 0.0444. The Labute approximate surface area is 171 Å². The van der Waals surface area contributed by atoms with Gasteiger partial charge in [0.05, 0.1) is 13.2 Å². The predicted octanol–water partition coefficient (Wildman–Crippen LogP) is -5.37. The molecule has 1 aromatic rings. The van der Waals surface area contributed by atoms with Crippen LogP contribution in [0.3, 0.4) is 0 Å². The highest BCUT2D eigenvalue weighted by Crippen LogP contribution is 2.26. The molecule has 0 saturated carbocycles. The second-order valence-electron chi connectivity index (χ2n) is 7.00. The summed E-state index contributed by atoms with van der Waals surface area (Å²) in [6.45, 7) is -1.77. The van der Waals surface area contributed by atoms with Crippen molar-refractivity contribution in [3.8, 4) is 0 Å². The SMILES string of the molecule is OC[C@H](O)[C@@H](O)[C@H](O)[C@H](O)C(O)c1ccc(C(O)[C@@H](O)[C@@H](O)[C@H](O)[C@@H](O)CO)cc1. The lowest BCUT2D eigenvalue weighted by atomic mass is 9.92. The van der Waals surface area contributed by atoms with Gasteiger partial charge < -0.3 is 61.3 Å². The summed E-state index contributed by atoms with van der Waals surface area (Å²) in [6.07, 6.45) is -18.7. The van der Waals surface area contributed by atoms with Crippen LogP contribution in [0.15, 0.2) is 24.3 Å². The van der Waals surface area contributed by atoms with Gasteiger partial charge >= 0.3 is 0 Å². The van der Waals surface area contributed by atoms with Gasteiger partial charge in [0.1, 0.15) is 61.0 Å². The normalized spacial score (nSPS) is 22.3. The molecular formula is C18H30O12. The van der Waals surface area contributed by atoms with Crippen LogP contribution < -0.4 is 0 Å². The number of aliphatic hydroxyl groups is 12. The topological polar surface area (TPSA) is 243 Å².